The van der Waals surface area contributed by atoms with Gasteiger partial charge in [0.2, 0.25) is 0 Å². The zero-order chi connectivity index (χ0) is 12.5. The van der Waals surface area contributed by atoms with Gasteiger partial charge in [-0.2, -0.15) is 0 Å². The van der Waals surface area contributed by atoms with E-state index in [-0.39, 0.29) is 0 Å². The molecule has 1 saturated carbocycles. The minimum absolute atomic E-state index is 0.556. The van der Waals surface area contributed by atoms with Gasteiger partial charge in [0.05, 0.1) is 0 Å². The summed E-state index contributed by atoms with van der Waals surface area (Å²) in [6, 6.07) is 1.96. The molecule has 2 fully saturated rings. The summed E-state index contributed by atoms with van der Waals surface area (Å²) in [6.45, 7) is 4.50. The third kappa shape index (κ3) is 2.41. The van der Waals surface area contributed by atoms with E-state index < -0.39 is 0 Å². The Kier molecular flexibility index (Phi) is 3.07. The molecule has 18 heavy (non-hydrogen) atoms. The van der Waals surface area contributed by atoms with Gasteiger partial charge in [-0.1, -0.05) is 6.92 Å². The molecule has 1 aliphatic heterocycles. The molecule has 3 rings (SSSR count). The highest BCUT2D eigenvalue weighted by molar-refractivity contribution is 5.49. The van der Waals surface area contributed by atoms with E-state index in [1.54, 1.807) is 0 Å². The maximum atomic E-state index is 5.50. The number of piperidine rings is 1. The molecule has 0 amide bonds. The van der Waals surface area contributed by atoms with Crippen LogP contribution in [-0.4, -0.2) is 23.1 Å². The molecule has 2 aliphatic rings. The second kappa shape index (κ2) is 4.72. The Morgan fingerprint density at radius 3 is 2.56 bits per heavy atom. The third-order valence-electron chi connectivity index (χ3n) is 3.93. The molecular formula is C13H21N5. The fraction of sp³-hybridized carbons (Fsp3) is 0.692. The summed E-state index contributed by atoms with van der Waals surface area (Å²) in [6.07, 6.45) is 4.91. The molecule has 1 aromatic heterocycles. The van der Waals surface area contributed by atoms with Gasteiger partial charge >= 0.3 is 0 Å². The number of nitrogens with one attached hydrogen (secondary N) is 1. The van der Waals surface area contributed by atoms with E-state index in [1.165, 1.54) is 25.7 Å². The Hall–Kier alpha value is -1.36. The fourth-order valence-electron chi connectivity index (χ4n) is 2.45. The summed E-state index contributed by atoms with van der Waals surface area (Å²) in [5.41, 5.74) is 2.66. The lowest BCUT2D eigenvalue weighted by atomic mass is 9.99. The highest BCUT2D eigenvalue weighted by atomic mass is 15.3. The lowest BCUT2D eigenvalue weighted by Crippen LogP contribution is -2.33. The van der Waals surface area contributed by atoms with Gasteiger partial charge in [0, 0.05) is 25.1 Å². The number of hydrazine groups is 1. The molecule has 5 nitrogen and oxygen atoms in total. The molecule has 1 aliphatic carbocycles. The van der Waals surface area contributed by atoms with Crippen LogP contribution in [-0.2, 0) is 0 Å². The van der Waals surface area contributed by atoms with Gasteiger partial charge < -0.3 is 10.3 Å². The zero-order valence-corrected chi connectivity index (χ0v) is 10.9. The van der Waals surface area contributed by atoms with Crippen molar-refractivity contribution in [2.45, 2.75) is 38.5 Å². The van der Waals surface area contributed by atoms with E-state index in [0.717, 1.165) is 36.5 Å². The molecule has 0 bridgehead atoms. The lowest BCUT2D eigenvalue weighted by Gasteiger charge is -2.31. The van der Waals surface area contributed by atoms with Crippen molar-refractivity contribution in [2.75, 3.05) is 23.4 Å². The van der Waals surface area contributed by atoms with Crippen LogP contribution in [0.2, 0.25) is 0 Å². The molecule has 98 valence electrons. The number of aromatic nitrogens is 2. The number of rotatable bonds is 3. The molecule has 0 unspecified atom stereocenters. The van der Waals surface area contributed by atoms with Crippen LogP contribution in [0.15, 0.2) is 6.07 Å². The minimum Gasteiger partial charge on any atom is -0.356 e. The maximum absolute atomic E-state index is 5.50. The third-order valence-corrected chi connectivity index (χ3v) is 3.93. The average molecular weight is 247 g/mol. The van der Waals surface area contributed by atoms with Crippen molar-refractivity contribution in [1.82, 2.24) is 9.97 Å². The van der Waals surface area contributed by atoms with Crippen molar-refractivity contribution in [2.24, 2.45) is 11.8 Å². The van der Waals surface area contributed by atoms with Gasteiger partial charge in [-0.15, -0.1) is 0 Å². The molecule has 5 heteroatoms. The van der Waals surface area contributed by atoms with Gasteiger partial charge in [-0.3, -0.25) is 0 Å². The Balaban J connectivity index is 1.83. The van der Waals surface area contributed by atoms with E-state index in [9.17, 15) is 0 Å². The Labute approximate surface area is 108 Å². The minimum atomic E-state index is 0.556. The Morgan fingerprint density at radius 2 is 1.94 bits per heavy atom. The molecule has 0 aromatic carbocycles. The van der Waals surface area contributed by atoms with Gasteiger partial charge in [-0.05, 0) is 31.6 Å². The predicted octanol–water partition coefficient (Wildman–Crippen LogP) is 1.88. The van der Waals surface area contributed by atoms with Crippen LogP contribution in [0.4, 0.5) is 11.6 Å². The van der Waals surface area contributed by atoms with Crippen molar-refractivity contribution >= 4 is 11.6 Å². The van der Waals surface area contributed by atoms with Crippen LogP contribution < -0.4 is 16.2 Å². The monoisotopic (exact) mass is 247 g/mol. The second-order valence-electron chi connectivity index (χ2n) is 5.56. The SMILES string of the molecule is CC1CCN(c2cc(NN)nc(C3CC3)n2)CC1. The van der Waals surface area contributed by atoms with Crippen molar-refractivity contribution in [3.63, 3.8) is 0 Å². The van der Waals surface area contributed by atoms with E-state index in [2.05, 4.69) is 22.2 Å². The van der Waals surface area contributed by atoms with Gasteiger partial charge in [0.25, 0.3) is 0 Å². The summed E-state index contributed by atoms with van der Waals surface area (Å²) in [4.78, 5) is 11.5. The average Bonchev–Trinajstić information content (AvgIpc) is 3.23. The first kappa shape index (κ1) is 11.7. The van der Waals surface area contributed by atoms with Crippen molar-refractivity contribution in [1.29, 1.82) is 0 Å². The van der Waals surface area contributed by atoms with Gasteiger partial charge in [0.1, 0.15) is 17.5 Å². The summed E-state index contributed by atoms with van der Waals surface area (Å²) in [5, 5.41) is 0. The van der Waals surface area contributed by atoms with Gasteiger partial charge in [0.15, 0.2) is 0 Å². The van der Waals surface area contributed by atoms with E-state index in [4.69, 9.17) is 10.8 Å². The molecule has 3 N–H and O–H groups in total. The predicted molar refractivity (Wildman–Crippen MR) is 72.4 cm³/mol. The van der Waals surface area contributed by atoms with Crippen molar-refractivity contribution in [3.8, 4) is 0 Å². The summed E-state index contributed by atoms with van der Waals surface area (Å²) in [7, 11) is 0. The van der Waals surface area contributed by atoms with E-state index in [1.807, 2.05) is 6.07 Å². The zero-order valence-electron chi connectivity index (χ0n) is 10.9. The Bertz CT molecular complexity index is 421. The molecule has 1 saturated heterocycles. The number of nitrogen functional groups attached to an aromatic ring is 1. The molecule has 0 radical (unpaired) electrons. The standard InChI is InChI=1S/C13H21N5/c1-9-4-6-18(7-5-9)12-8-11(17-14)15-13(16-12)10-2-3-10/h8-10H,2-7,14H2,1H3,(H,15,16,17). The molecule has 0 atom stereocenters. The first-order valence-electron chi connectivity index (χ1n) is 6.87. The van der Waals surface area contributed by atoms with E-state index in [0.29, 0.717) is 5.92 Å². The number of anilines is 2. The fourth-order valence-corrected chi connectivity index (χ4v) is 2.45. The largest absolute Gasteiger partial charge is 0.356 e. The number of hydrogen-bond acceptors (Lipinski definition) is 5. The van der Waals surface area contributed by atoms with Crippen molar-refractivity contribution < 1.29 is 0 Å². The van der Waals surface area contributed by atoms with Crippen LogP contribution in [0.25, 0.3) is 0 Å². The highest BCUT2D eigenvalue weighted by Crippen LogP contribution is 2.39. The number of hydrogen-bond donors (Lipinski definition) is 2. The smallest absolute Gasteiger partial charge is 0.145 e. The molecular weight excluding hydrogens is 226 g/mol. The molecule has 2 heterocycles. The van der Waals surface area contributed by atoms with Crippen LogP contribution in [0.3, 0.4) is 0 Å². The number of nitrogens with zero attached hydrogens (tertiary/aromatic N) is 3. The normalized spacial score (nSPS) is 21.1. The molecule has 1 aromatic rings. The quantitative estimate of drug-likeness (QED) is 0.630. The van der Waals surface area contributed by atoms with Crippen LogP contribution >= 0.6 is 0 Å². The molecule has 0 spiro atoms. The first-order chi connectivity index (χ1) is 8.76. The lowest BCUT2D eigenvalue weighted by molar-refractivity contribution is 0.436. The highest BCUT2D eigenvalue weighted by Gasteiger charge is 2.28. The summed E-state index contributed by atoms with van der Waals surface area (Å²) < 4.78 is 0. The Morgan fingerprint density at radius 1 is 1.22 bits per heavy atom. The van der Waals surface area contributed by atoms with E-state index >= 15 is 0 Å². The van der Waals surface area contributed by atoms with Crippen molar-refractivity contribution in [3.05, 3.63) is 11.9 Å². The summed E-state index contributed by atoms with van der Waals surface area (Å²) in [5.74, 6) is 9.62. The maximum Gasteiger partial charge on any atom is 0.145 e. The van der Waals surface area contributed by atoms with Gasteiger partial charge in [-0.25, -0.2) is 15.8 Å². The van der Waals surface area contributed by atoms with Crippen LogP contribution in [0.5, 0.6) is 0 Å². The van der Waals surface area contributed by atoms with Crippen LogP contribution in [0, 0.1) is 5.92 Å². The topological polar surface area (TPSA) is 67.1 Å². The summed E-state index contributed by atoms with van der Waals surface area (Å²) >= 11 is 0. The van der Waals surface area contributed by atoms with Crippen LogP contribution in [0.1, 0.15) is 44.3 Å². The second-order valence-corrected chi connectivity index (χ2v) is 5.56. The first-order valence-corrected chi connectivity index (χ1v) is 6.87. The number of nitrogens with two attached hydrogens (primary N) is 1.